The number of amides is 2. The van der Waals surface area contributed by atoms with Crippen molar-refractivity contribution in [2.24, 2.45) is 0 Å². The summed E-state index contributed by atoms with van der Waals surface area (Å²) >= 11 is 0. The molecule has 0 saturated heterocycles. The Hall–Kier alpha value is -2.37. The maximum Gasteiger partial charge on any atom is 0.239 e. The first-order valence-corrected chi connectivity index (χ1v) is 8.15. The molecule has 1 aromatic heterocycles. The smallest absolute Gasteiger partial charge is 0.239 e. The fourth-order valence-corrected chi connectivity index (χ4v) is 2.76. The van der Waals surface area contributed by atoms with Gasteiger partial charge in [-0.1, -0.05) is 0 Å². The number of benzene rings is 1. The number of hydrogen-bond acceptors (Lipinski definition) is 2. The van der Waals surface area contributed by atoms with Crippen LogP contribution in [-0.4, -0.2) is 40.8 Å². The van der Waals surface area contributed by atoms with E-state index < -0.39 is 0 Å². The minimum absolute atomic E-state index is 0.0310. The number of aromatic nitrogens is 1. The van der Waals surface area contributed by atoms with Crippen molar-refractivity contribution in [3.63, 3.8) is 0 Å². The molecule has 0 saturated carbocycles. The van der Waals surface area contributed by atoms with Crippen molar-refractivity contribution in [2.75, 3.05) is 13.1 Å². The van der Waals surface area contributed by atoms with Gasteiger partial charge in [0.05, 0.1) is 13.0 Å². The van der Waals surface area contributed by atoms with Crippen molar-refractivity contribution in [3.05, 3.63) is 35.3 Å². The fourth-order valence-electron chi connectivity index (χ4n) is 2.76. The predicted octanol–water partition coefficient (Wildman–Crippen LogP) is 2.53. The number of aromatic amines is 1. The first-order valence-electron chi connectivity index (χ1n) is 8.15. The molecule has 0 bridgehead atoms. The summed E-state index contributed by atoms with van der Waals surface area (Å²) in [6, 6.07) is 4.52. The van der Waals surface area contributed by atoms with Crippen molar-refractivity contribution in [1.29, 1.82) is 0 Å². The van der Waals surface area contributed by atoms with E-state index in [1.807, 2.05) is 27.7 Å². The minimum Gasteiger partial charge on any atom is -0.358 e. The van der Waals surface area contributed by atoms with Gasteiger partial charge >= 0.3 is 0 Å². The van der Waals surface area contributed by atoms with Gasteiger partial charge in [0, 0.05) is 29.2 Å². The van der Waals surface area contributed by atoms with E-state index in [0.717, 1.165) is 16.8 Å². The molecule has 0 fully saturated rings. The normalized spacial score (nSPS) is 11.1. The molecular formula is C18H24FN3O2. The summed E-state index contributed by atoms with van der Waals surface area (Å²) in [4.78, 5) is 29.2. The number of likely N-dealkylation sites (N-methyl/N-ethyl adjacent to an activating group) is 1. The third-order valence-corrected chi connectivity index (χ3v) is 3.93. The second-order valence-electron chi connectivity index (χ2n) is 6.23. The SMILES string of the molecule is CCN(CC(=O)NC(C)C)C(=O)Cc1c(C)[nH]c2ccc(F)cc12. The molecule has 1 heterocycles. The minimum atomic E-state index is -0.334. The molecule has 2 N–H and O–H groups in total. The largest absolute Gasteiger partial charge is 0.358 e. The number of nitrogens with one attached hydrogen (secondary N) is 2. The van der Waals surface area contributed by atoms with Gasteiger partial charge in [0.15, 0.2) is 0 Å². The summed E-state index contributed by atoms with van der Waals surface area (Å²) in [5.41, 5.74) is 2.42. The molecule has 2 amide bonds. The van der Waals surface area contributed by atoms with E-state index in [1.54, 1.807) is 6.07 Å². The number of carbonyl (C=O) groups is 2. The Morgan fingerprint density at radius 1 is 1.33 bits per heavy atom. The van der Waals surface area contributed by atoms with Crippen LogP contribution in [0.2, 0.25) is 0 Å². The van der Waals surface area contributed by atoms with Crippen LogP contribution in [0.5, 0.6) is 0 Å². The van der Waals surface area contributed by atoms with Gasteiger partial charge < -0.3 is 15.2 Å². The number of H-pyrrole nitrogens is 1. The fraction of sp³-hybridized carbons (Fsp3) is 0.444. The van der Waals surface area contributed by atoms with Crippen LogP contribution < -0.4 is 5.32 Å². The molecule has 0 spiro atoms. The number of carbonyl (C=O) groups excluding carboxylic acids is 2. The van der Waals surface area contributed by atoms with Crippen LogP contribution >= 0.6 is 0 Å². The molecule has 6 heteroatoms. The Kier molecular flexibility index (Phi) is 5.59. The van der Waals surface area contributed by atoms with Crippen LogP contribution in [0, 0.1) is 12.7 Å². The van der Waals surface area contributed by atoms with Crippen LogP contribution in [0.3, 0.4) is 0 Å². The Bertz CT molecular complexity index is 752. The second-order valence-corrected chi connectivity index (χ2v) is 6.23. The van der Waals surface area contributed by atoms with Crippen molar-refractivity contribution in [1.82, 2.24) is 15.2 Å². The summed E-state index contributed by atoms with van der Waals surface area (Å²) < 4.78 is 13.5. The van der Waals surface area contributed by atoms with Crippen LogP contribution in [0.25, 0.3) is 10.9 Å². The lowest BCUT2D eigenvalue weighted by molar-refractivity contribution is -0.135. The summed E-state index contributed by atoms with van der Waals surface area (Å²) in [6.45, 7) is 7.92. The zero-order chi connectivity index (χ0) is 17.9. The van der Waals surface area contributed by atoms with Crippen molar-refractivity contribution in [3.8, 4) is 0 Å². The molecule has 0 aliphatic heterocycles. The van der Waals surface area contributed by atoms with Crippen LogP contribution in [0.1, 0.15) is 32.0 Å². The molecule has 0 aliphatic rings. The average Bonchev–Trinajstić information content (AvgIpc) is 2.79. The van der Waals surface area contributed by atoms with E-state index in [2.05, 4.69) is 10.3 Å². The molecule has 0 radical (unpaired) electrons. The Morgan fingerprint density at radius 3 is 2.67 bits per heavy atom. The molecule has 24 heavy (non-hydrogen) atoms. The lowest BCUT2D eigenvalue weighted by Crippen LogP contribution is -2.43. The average molecular weight is 333 g/mol. The molecular weight excluding hydrogens is 309 g/mol. The maximum atomic E-state index is 13.5. The summed E-state index contributed by atoms with van der Waals surface area (Å²) in [7, 11) is 0. The van der Waals surface area contributed by atoms with Crippen LogP contribution in [0.15, 0.2) is 18.2 Å². The summed E-state index contributed by atoms with van der Waals surface area (Å²) in [5.74, 6) is -0.662. The Balaban J connectivity index is 2.17. The number of fused-ring (bicyclic) bond motifs is 1. The third-order valence-electron chi connectivity index (χ3n) is 3.93. The molecule has 1 aromatic carbocycles. The van der Waals surface area contributed by atoms with Gasteiger partial charge in [-0.05, 0) is 51.5 Å². The van der Waals surface area contributed by atoms with E-state index in [-0.39, 0.29) is 36.6 Å². The van der Waals surface area contributed by atoms with Crippen LogP contribution in [0.4, 0.5) is 4.39 Å². The molecule has 0 unspecified atom stereocenters. The lowest BCUT2D eigenvalue weighted by atomic mass is 10.1. The first-order chi connectivity index (χ1) is 11.3. The number of nitrogens with zero attached hydrogens (tertiary/aromatic N) is 1. The molecule has 0 atom stereocenters. The van der Waals surface area contributed by atoms with Gasteiger partial charge in [0.1, 0.15) is 5.82 Å². The molecule has 2 rings (SSSR count). The summed E-state index contributed by atoms with van der Waals surface area (Å²) in [5, 5.41) is 3.49. The Labute approximate surface area is 141 Å². The standard InChI is InChI=1S/C18H24FN3O2/c1-5-22(10-17(23)20-11(2)3)18(24)9-14-12(4)21-16-7-6-13(19)8-15(14)16/h6-8,11,21H,5,9-10H2,1-4H3,(H,20,23). The van der Waals surface area contributed by atoms with Gasteiger partial charge in [0.25, 0.3) is 0 Å². The number of halogens is 1. The number of hydrogen-bond donors (Lipinski definition) is 2. The van der Waals surface area contributed by atoms with E-state index in [4.69, 9.17) is 0 Å². The van der Waals surface area contributed by atoms with Crippen molar-refractivity contribution < 1.29 is 14.0 Å². The van der Waals surface area contributed by atoms with Gasteiger partial charge in [0.2, 0.25) is 11.8 Å². The highest BCUT2D eigenvalue weighted by atomic mass is 19.1. The Morgan fingerprint density at radius 2 is 2.04 bits per heavy atom. The second kappa shape index (κ2) is 7.47. The highest BCUT2D eigenvalue weighted by molar-refractivity contribution is 5.91. The van der Waals surface area contributed by atoms with Gasteiger partial charge in [-0.15, -0.1) is 0 Å². The zero-order valence-corrected chi connectivity index (χ0v) is 14.6. The molecule has 0 aliphatic carbocycles. The number of aryl methyl sites for hydroxylation is 1. The molecule has 5 nitrogen and oxygen atoms in total. The van der Waals surface area contributed by atoms with Gasteiger partial charge in [-0.2, -0.15) is 0 Å². The highest BCUT2D eigenvalue weighted by Gasteiger charge is 2.19. The first kappa shape index (κ1) is 18.0. The number of rotatable bonds is 6. The van der Waals surface area contributed by atoms with Crippen molar-refractivity contribution >= 4 is 22.7 Å². The van der Waals surface area contributed by atoms with E-state index in [1.165, 1.54) is 17.0 Å². The topological polar surface area (TPSA) is 65.2 Å². The van der Waals surface area contributed by atoms with Crippen LogP contribution in [-0.2, 0) is 16.0 Å². The van der Waals surface area contributed by atoms with Gasteiger partial charge in [-0.3, -0.25) is 9.59 Å². The maximum absolute atomic E-state index is 13.5. The third kappa shape index (κ3) is 4.13. The van der Waals surface area contributed by atoms with E-state index in [0.29, 0.717) is 11.9 Å². The van der Waals surface area contributed by atoms with Crippen molar-refractivity contribution in [2.45, 2.75) is 40.2 Å². The van der Waals surface area contributed by atoms with E-state index in [9.17, 15) is 14.0 Å². The monoisotopic (exact) mass is 333 g/mol. The van der Waals surface area contributed by atoms with Gasteiger partial charge in [-0.25, -0.2) is 4.39 Å². The van der Waals surface area contributed by atoms with E-state index >= 15 is 0 Å². The molecule has 2 aromatic rings. The zero-order valence-electron chi connectivity index (χ0n) is 14.6. The quantitative estimate of drug-likeness (QED) is 0.853. The highest BCUT2D eigenvalue weighted by Crippen LogP contribution is 2.24. The predicted molar refractivity (Wildman–Crippen MR) is 92.2 cm³/mol. The molecule has 130 valence electrons. The summed E-state index contributed by atoms with van der Waals surface area (Å²) in [6.07, 6.45) is 0.137. The lowest BCUT2D eigenvalue weighted by Gasteiger charge is -2.21.